The first kappa shape index (κ1) is 19.3. The number of anilines is 1. The van der Waals surface area contributed by atoms with Gasteiger partial charge < -0.3 is 4.74 Å². The lowest BCUT2D eigenvalue weighted by Gasteiger charge is -2.08. The lowest BCUT2D eigenvalue weighted by molar-refractivity contribution is 0.102. The minimum absolute atomic E-state index is 0.203. The molecule has 0 bridgehead atoms. The molecule has 0 atom stereocenters. The average Bonchev–Trinajstić information content (AvgIpc) is 3.06. The maximum atomic E-state index is 12.5. The molecule has 1 N–H and O–H groups in total. The van der Waals surface area contributed by atoms with E-state index in [-0.39, 0.29) is 10.8 Å². The monoisotopic (exact) mass is 404 g/mol. The second kappa shape index (κ2) is 7.28. The summed E-state index contributed by atoms with van der Waals surface area (Å²) in [4.78, 5) is 17.2. The van der Waals surface area contributed by atoms with E-state index in [1.165, 1.54) is 35.6 Å². The lowest BCUT2D eigenvalue weighted by Crippen LogP contribution is -2.15. The van der Waals surface area contributed by atoms with Gasteiger partial charge in [0.2, 0.25) is 0 Å². The van der Waals surface area contributed by atoms with Crippen LogP contribution < -0.4 is 10.1 Å². The molecule has 0 saturated carbocycles. The van der Waals surface area contributed by atoms with E-state index >= 15 is 0 Å². The summed E-state index contributed by atoms with van der Waals surface area (Å²) in [5, 5.41) is 2.71. The van der Waals surface area contributed by atoms with Crippen LogP contribution in [0.15, 0.2) is 41.3 Å². The number of fused-ring (bicyclic) bond motifs is 1. The fourth-order valence-corrected chi connectivity index (χ4v) is 4.57. The first-order valence-corrected chi connectivity index (χ1v) is 10.7. The Morgan fingerprint density at radius 3 is 2.41 bits per heavy atom. The van der Waals surface area contributed by atoms with Crippen LogP contribution in [0.2, 0.25) is 0 Å². The smallest absolute Gasteiger partial charge is 0.257 e. The Morgan fingerprint density at radius 1 is 1.15 bits per heavy atom. The number of benzene rings is 2. The van der Waals surface area contributed by atoms with Crippen LogP contribution in [0.4, 0.5) is 5.13 Å². The number of sulfone groups is 1. The number of amides is 1. The number of nitrogens with zero attached hydrogens (tertiary/aromatic N) is 1. The van der Waals surface area contributed by atoms with E-state index in [9.17, 15) is 13.2 Å². The maximum absolute atomic E-state index is 12.5. The van der Waals surface area contributed by atoms with E-state index in [2.05, 4.69) is 10.3 Å². The van der Waals surface area contributed by atoms with Crippen LogP contribution >= 0.6 is 11.3 Å². The van der Waals surface area contributed by atoms with Crippen LogP contribution in [0.3, 0.4) is 0 Å². The summed E-state index contributed by atoms with van der Waals surface area (Å²) < 4.78 is 30.6. The van der Waals surface area contributed by atoms with Gasteiger partial charge in [-0.2, -0.15) is 0 Å². The van der Waals surface area contributed by atoms with Crippen LogP contribution in [0.1, 0.15) is 29.8 Å². The van der Waals surface area contributed by atoms with Crippen molar-refractivity contribution in [1.82, 2.24) is 4.98 Å². The largest absolute Gasteiger partial charge is 0.494 e. The minimum atomic E-state index is -3.36. The predicted octanol–water partition coefficient (Wildman–Crippen LogP) is 4.05. The molecule has 0 spiro atoms. The van der Waals surface area contributed by atoms with Gasteiger partial charge >= 0.3 is 0 Å². The number of rotatable bonds is 5. The van der Waals surface area contributed by atoms with Gasteiger partial charge in [0.25, 0.3) is 5.91 Å². The van der Waals surface area contributed by atoms with Crippen molar-refractivity contribution in [2.45, 2.75) is 30.9 Å². The third-order valence-corrected chi connectivity index (χ3v) is 7.49. The number of thiazole rings is 1. The molecule has 6 nitrogen and oxygen atoms in total. The Bertz CT molecular complexity index is 1100. The van der Waals surface area contributed by atoms with Crippen LogP contribution in [-0.4, -0.2) is 31.7 Å². The fraction of sp³-hybridized carbons (Fsp3) is 0.263. The summed E-state index contributed by atoms with van der Waals surface area (Å²) in [6.07, 6.45) is 0. The Kier molecular flexibility index (Phi) is 5.21. The van der Waals surface area contributed by atoms with Crippen molar-refractivity contribution < 1.29 is 17.9 Å². The summed E-state index contributed by atoms with van der Waals surface area (Å²) >= 11 is 1.37. The number of hydrogen-bond acceptors (Lipinski definition) is 6. The number of ether oxygens (including phenoxy) is 1. The molecule has 27 heavy (non-hydrogen) atoms. The Balaban J connectivity index is 1.86. The number of carbonyl (C=O) groups excluding carboxylic acids is 1. The Labute approximate surface area is 162 Å². The van der Waals surface area contributed by atoms with Crippen LogP contribution in [0, 0.1) is 6.92 Å². The molecule has 1 amide bonds. The Hall–Kier alpha value is -2.45. The molecule has 0 radical (unpaired) electrons. The van der Waals surface area contributed by atoms with Gasteiger partial charge in [0.15, 0.2) is 15.0 Å². The zero-order valence-electron chi connectivity index (χ0n) is 15.4. The predicted molar refractivity (Wildman–Crippen MR) is 108 cm³/mol. The summed E-state index contributed by atoms with van der Waals surface area (Å²) in [6.45, 7) is 5.22. The average molecular weight is 405 g/mol. The topological polar surface area (TPSA) is 85.4 Å². The van der Waals surface area contributed by atoms with Gasteiger partial charge in [-0.25, -0.2) is 13.4 Å². The zero-order valence-corrected chi connectivity index (χ0v) is 17.1. The third-order valence-electron chi connectivity index (χ3n) is 4.21. The van der Waals surface area contributed by atoms with Crippen molar-refractivity contribution in [2.24, 2.45) is 0 Å². The summed E-state index contributed by atoms with van der Waals surface area (Å²) in [7, 11) is -1.79. The molecule has 3 aromatic rings. The molecule has 142 valence electrons. The van der Waals surface area contributed by atoms with E-state index in [0.29, 0.717) is 22.0 Å². The Morgan fingerprint density at radius 2 is 1.81 bits per heavy atom. The molecule has 0 fully saturated rings. The highest BCUT2D eigenvalue weighted by Gasteiger charge is 2.20. The number of aromatic nitrogens is 1. The van der Waals surface area contributed by atoms with Crippen LogP contribution in [0.5, 0.6) is 5.75 Å². The second-order valence-electron chi connectivity index (χ2n) is 6.35. The highest BCUT2D eigenvalue weighted by Crippen LogP contribution is 2.34. The first-order chi connectivity index (χ1) is 12.7. The first-order valence-electron chi connectivity index (χ1n) is 8.33. The molecule has 1 aromatic heterocycles. The molecule has 3 rings (SSSR count). The number of nitrogens with one attached hydrogen (secondary N) is 1. The second-order valence-corrected chi connectivity index (χ2v) is 9.86. The van der Waals surface area contributed by atoms with Crippen molar-refractivity contribution in [2.75, 3.05) is 12.4 Å². The van der Waals surface area contributed by atoms with Crippen molar-refractivity contribution in [3.63, 3.8) is 0 Å². The maximum Gasteiger partial charge on any atom is 0.257 e. The van der Waals surface area contributed by atoms with E-state index in [4.69, 9.17) is 4.74 Å². The highest BCUT2D eigenvalue weighted by molar-refractivity contribution is 7.92. The molecule has 0 aliphatic heterocycles. The lowest BCUT2D eigenvalue weighted by atomic mass is 10.2. The molecule has 1 heterocycles. The van der Waals surface area contributed by atoms with Crippen LogP contribution in [0.25, 0.3) is 10.2 Å². The van der Waals surface area contributed by atoms with Gasteiger partial charge in [0, 0.05) is 5.56 Å². The number of aryl methyl sites for hydroxylation is 1. The minimum Gasteiger partial charge on any atom is -0.494 e. The third kappa shape index (κ3) is 3.68. The quantitative estimate of drug-likeness (QED) is 0.693. The summed E-state index contributed by atoms with van der Waals surface area (Å²) in [5.41, 5.74) is 2.11. The zero-order chi connectivity index (χ0) is 19.8. The van der Waals surface area contributed by atoms with Crippen molar-refractivity contribution in [1.29, 1.82) is 0 Å². The molecule has 2 aromatic carbocycles. The van der Waals surface area contributed by atoms with E-state index in [1.54, 1.807) is 21.0 Å². The molecular weight excluding hydrogens is 384 g/mol. The van der Waals surface area contributed by atoms with Gasteiger partial charge in [-0.1, -0.05) is 17.4 Å². The van der Waals surface area contributed by atoms with Crippen molar-refractivity contribution >= 4 is 42.4 Å². The van der Waals surface area contributed by atoms with E-state index in [1.807, 2.05) is 19.1 Å². The highest BCUT2D eigenvalue weighted by atomic mass is 32.2. The van der Waals surface area contributed by atoms with Gasteiger partial charge in [0.1, 0.15) is 11.3 Å². The number of carbonyl (C=O) groups is 1. The molecule has 0 saturated heterocycles. The normalized spacial score (nSPS) is 11.7. The fourth-order valence-electron chi connectivity index (χ4n) is 2.57. The van der Waals surface area contributed by atoms with E-state index in [0.717, 1.165) is 10.3 Å². The van der Waals surface area contributed by atoms with E-state index < -0.39 is 15.1 Å². The molecular formula is C19H20N2O4S2. The van der Waals surface area contributed by atoms with Gasteiger partial charge in [-0.3, -0.25) is 10.1 Å². The van der Waals surface area contributed by atoms with Gasteiger partial charge in [-0.15, -0.1) is 0 Å². The summed E-state index contributed by atoms with van der Waals surface area (Å²) in [5.74, 6) is 0.301. The molecule has 0 aliphatic carbocycles. The van der Waals surface area contributed by atoms with Gasteiger partial charge in [0.05, 0.1) is 22.0 Å². The summed E-state index contributed by atoms with van der Waals surface area (Å²) in [6, 6.07) is 9.70. The number of methoxy groups -OCH3 is 1. The number of hydrogen-bond donors (Lipinski definition) is 1. The standard InChI is InChI=1S/C19H20N2O4S2/c1-11(2)27(23,24)14-8-6-13(7-9-14)18(22)21-19-20-16-15(25-4)10-5-12(3)17(16)26-19/h5-11H,1-4H3,(H,20,21,22). The van der Waals surface area contributed by atoms with Crippen molar-refractivity contribution in [3.05, 3.63) is 47.5 Å². The molecule has 0 aliphatic rings. The SMILES string of the molecule is COc1ccc(C)c2sc(NC(=O)c3ccc(S(=O)(=O)C(C)C)cc3)nc12. The molecule has 0 unspecified atom stereocenters. The van der Waals surface area contributed by atoms with Crippen LogP contribution in [-0.2, 0) is 9.84 Å². The van der Waals surface area contributed by atoms with Crippen molar-refractivity contribution in [3.8, 4) is 5.75 Å². The molecule has 8 heteroatoms. The van der Waals surface area contributed by atoms with Gasteiger partial charge in [-0.05, 0) is 56.7 Å².